The van der Waals surface area contributed by atoms with E-state index in [1.54, 1.807) is 0 Å². The maximum absolute atomic E-state index is 6.04. The molecule has 0 saturated carbocycles. The molecule has 1 N–H and O–H groups in total. The van der Waals surface area contributed by atoms with Gasteiger partial charge in [0.1, 0.15) is 16.8 Å². The van der Waals surface area contributed by atoms with Gasteiger partial charge in [-0.25, -0.2) is 9.97 Å². The summed E-state index contributed by atoms with van der Waals surface area (Å²) in [5.74, 6) is 2.15. The number of nitrogens with one attached hydrogen (secondary N) is 1. The number of nitrogens with zero attached hydrogens (tertiary/aromatic N) is 2. The third kappa shape index (κ3) is 3.56. The summed E-state index contributed by atoms with van der Waals surface area (Å²) in [6, 6.07) is 0. The molecule has 0 fully saturated rings. The van der Waals surface area contributed by atoms with Gasteiger partial charge in [0.2, 0.25) is 0 Å². The fourth-order valence-electron chi connectivity index (χ4n) is 1.28. The Hall–Kier alpha value is -0.830. The van der Waals surface area contributed by atoms with Crippen LogP contribution in [-0.2, 0) is 0 Å². The van der Waals surface area contributed by atoms with E-state index in [2.05, 4.69) is 43.0 Å². The Kier molecular flexibility index (Phi) is 4.36. The van der Waals surface area contributed by atoms with Crippen molar-refractivity contribution in [1.29, 1.82) is 0 Å². The molecule has 1 aromatic heterocycles. The first-order valence-corrected chi connectivity index (χ1v) is 6.36. The first-order valence-electron chi connectivity index (χ1n) is 5.98. The molecule has 0 spiro atoms. The molecule has 1 rings (SSSR count). The topological polar surface area (TPSA) is 37.8 Å². The van der Waals surface area contributed by atoms with Crippen LogP contribution in [0.3, 0.4) is 0 Å². The van der Waals surface area contributed by atoms with Crippen LogP contribution < -0.4 is 5.32 Å². The van der Waals surface area contributed by atoms with E-state index < -0.39 is 0 Å². The van der Waals surface area contributed by atoms with E-state index in [4.69, 9.17) is 11.6 Å². The molecule has 0 bridgehead atoms. The van der Waals surface area contributed by atoms with Crippen molar-refractivity contribution < 1.29 is 0 Å². The lowest BCUT2D eigenvalue weighted by Gasteiger charge is -2.30. The molecule has 0 saturated heterocycles. The van der Waals surface area contributed by atoms with Crippen LogP contribution in [-0.4, -0.2) is 16.5 Å². The molecule has 0 radical (unpaired) electrons. The van der Waals surface area contributed by atoms with Gasteiger partial charge in [-0.2, -0.15) is 0 Å². The number of halogens is 1. The van der Waals surface area contributed by atoms with Crippen LogP contribution in [0.5, 0.6) is 0 Å². The van der Waals surface area contributed by atoms with Crippen molar-refractivity contribution in [2.24, 2.45) is 11.3 Å². The molecule has 0 unspecified atom stereocenters. The Morgan fingerprint density at radius 2 is 1.82 bits per heavy atom. The number of aryl methyl sites for hydroxylation is 1. The van der Waals surface area contributed by atoms with Crippen LogP contribution in [0.4, 0.5) is 5.82 Å². The summed E-state index contributed by atoms with van der Waals surface area (Å²) in [4.78, 5) is 8.52. The highest BCUT2D eigenvalue weighted by Crippen LogP contribution is 2.27. The second-order valence-electron chi connectivity index (χ2n) is 5.53. The lowest BCUT2D eigenvalue weighted by molar-refractivity contribution is 0.269. The Morgan fingerprint density at radius 1 is 1.24 bits per heavy atom. The summed E-state index contributed by atoms with van der Waals surface area (Å²) in [6.07, 6.45) is 0. The number of hydrogen-bond donors (Lipinski definition) is 1. The quantitative estimate of drug-likeness (QED) is 0.831. The predicted octanol–water partition coefficient (Wildman–Crippen LogP) is 3.84. The number of aromatic nitrogens is 2. The van der Waals surface area contributed by atoms with Crippen LogP contribution in [0, 0.1) is 25.2 Å². The Bertz CT molecular complexity index is 400. The minimum Gasteiger partial charge on any atom is -0.369 e. The zero-order valence-corrected chi connectivity index (χ0v) is 12.3. The zero-order valence-electron chi connectivity index (χ0n) is 11.6. The van der Waals surface area contributed by atoms with Gasteiger partial charge in [-0.05, 0) is 25.2 Å². The van der Waals surface area contributed by atoms with Crippen LogP contribution >= 0.6 is 11.6 Å². The Morgan fingerprint density at radius 3 is 2.35 bits per heavy atom. The SMILES string of the molecule is Cc1nc(Cl)c(C)c(NCC(C)(C)C(C)C)n1. The highest BCUT2D eigenvalue weighted by molar-refractivity contribution is 6.30. The molecule has 96 valence electrons. The average molecular weight is 256 g/mol. The van der Waals surface area contributed by atoms with Crippen molar-refractivity contribution in [3.05, 3.63) is 16.5 Å². The van der Waals surface area contributed by atoms with Crippen LogP contribution in [0.2, 0.25) is 5.15 Å². The van der Waals surface area contributed by atoms with Gasteiger partial charge in [0.05, 0.1) is 0 Å². The van der Waals surface area contributed by atoms with E-state index in [9.17, 15) is 0 Å². The van der Waals surface area contributed by atoms with Crippen molar-refractivity contribution in [3.63, 3.8) is 0 Å². The van der Waals surface area contributed by atoms with Gasteiger partial charge in [0.15, 0.2) is 0 Å². The van der Waals surface area contributed by atoms with Crippen molar-refractivity contribution in [1.82, 2.24) is 9.97 Å². The lowest BCUT2D eigenvalue weighted by Crippen LogP contribution is -2.29. The molecule has 0 atom stereocenters. The Balaban J connectivity index is 2.83. The molecular formula is C13H22ClN3. The van der Waals surface area contributed by atoms with E-state index in [1.807, 2.05) is 13.8 Å². The van der Waals surface area contributed by atoms with Crippen molar-refractivity contribution in [2.45, 2.75) is 41.5 Å². The maximum Gasteiger partial charge on any atom is 0.137 e. The van der Waals surface area contributed by atoms with E-state index in [1.165, 1.54) is 0 Å². The highest BCUT2D eigenvalue weighted by atomic mass is 35.5. The normalized spacial score (nSPS) is 12.0. The van der Waals surface area contributed by atoms with E-state index in [0.717, 1.165) is 17.9 Å². The number of rotatable bonds is 4. The molecule has 0 aliphatic rings. The molecule has 17 heavy (non-hydrogen) atoms. The maximum atomic E-state index is 6.04. The van der Waals surface area contributed by atoms with Gasteiger partial charge in [-0.3, -0.25) is 0 Å². The van der Waals surface area contributed by atoms with Crippen LogP contribution in [0.15, 0.2) is 0 Å². The molecule has 0 amide bonds. The fourth-order valence-corrected chi connectivity index (χ4v) is 1.49. The van der Waals surface area contributed by atoms with Crippen molar-refractivity contribution >= 4 is 17.4 Å². The third-order valence-electron chi connectivity index (χ3n) is 3.47. The smallest absolute Gasteiger partial charge is 0.137 e. The van der Waals surface area contributed by atoms with Crippen molar-refractivity contribution in [3.8, 4) is 0 Å². The van der Waals surface area contributed by atoms with E-state index in [-0.39, 0.29) is 5.41 Å². The summed E-state index contributed by atoms with van der Waals surface area (Å²) < 4.78 is 0. The van der Waals surface area contributed by atoms with Crippen molar-refractivity contribution in [2.75, 3.05) is 11.9 Å². The Labute approximate surface area is 109 Å². The monoisotopic (exact) mass is 255 g/mol. The second-order valence-corrected chi connectivity index (χ2v) is 5.89. The summed E-state index contributed by atoms with van der Waals surface area (Å²) >= 11 is 6.04. The van der Waals surface area contributed by atoms with Gasteiger partial charge in [0.25, 0.3) is 0 Å². The zero-order chi connectivity index (χ0) is 13.2. The molecule has 0 aromatic carbocycles. The van der Waals surface area contributed by atoms with Gasteiger partial charge in [-0.15, -0.1) is 0 Å². The summed E-state index contributed by atoms with van der Waals surface area (Å²) in [5.41, 5.74) is 1.13. The first kappa shape index (κ1) is 14.2. The molecule has 0 aliphatic carbocycles. The van der Waals surface area contributed by atoms with Crippen LogP contribution in [0.1, 0.15) is 39.1 Å². The number of hydrogen-bond acceptors (Lipinski definition) is 3. The molecule has 4 heteroatoms. The molecule has 3 nitrogen and oxygen atoms in total. The minimum absolute atomic E-state index is 0.220. The number of anilines is 1. The van der Waals surface area contributed by atoms with Gasteiger partial charge >= 0.3 is 0 Å². The third-order valence-corrected chi connectivity index (χ3v) is 3.84. The molecule has 1 heterocycles. The summed E-state index contributed by atoms with van der Waals surface area (Å²) in [5, 5.41) is 3.91. The molecule has 1 aromatic rings. The lowest BCUT2D eigenvalue weighted by atomic mass is 9.81. The largest absolute Gasteiger partial charge is 0.369 e. The van der Waals surface area contributed by atoms with Gasteiger partial charge < -0.3 is 5.32 Å². The van der Waals surface area contributed by atoms with Gasteiger partial charge in [-0.1, -0.05) is 39.3 Å². The molecular weight excluding hydrogens is 234 g/mol. The second kappa shape index (κ2) is 5.21. The predicted molar refractivity (Wildman–Crippen MR) is 73.6 cm³/mol. The van der Waals surface area contributed by atoms with Gasteiger partial charge in [0, 0.05) is 12.1 Å². The first-order chi connectivity index (χ1) is 7.74. The fraction of sp³-hybridized carbons (Fsp3) is 0.692. The average Bonchev–Trinajstić information content (AvgIpc) is 2.21. The summed E-state index contributed by atoms with van der Waals surface area (Å²) in [7, 11) is 0. The van der Waals surface area contributed by atoms with Crippen LogP contribution in [0.25, 0.3) is 0 Å². The van der Waals surface area contributed by atoms with E-state index in [0.29, 0.717) is 16.9 Å². The summed E-state index contributed by atoms with van der Waals surface area (Å²) in [6.45, 7) is 13.6. The minimum atomic E-state index is 0.220. The standard InChI is InChI=1S/C13H22ClN3/c1-8(2)13(5,6)7-15-12-9(3)11(14)16-10(4)17-12/h8H,7H2,1-6H3,(H,15,16,17). The molecule has 0 aliphatic heterocycles. The highest BCUT2D eigenvalue weighted by Gasteiger charge is 2.22. The van der Waals surface area contributed by atoms with E-state index >= 15 is 0 Å².